The van der Waals surface area contributed by atoms with Crippen LogP contribution in [0.15, 0.2) is 48.7 Å². The molecule has 1 N–H and O–H groups in total. The molecule has 1 aromatic heterocycles. The van der Waals surface area contributed by atoms with Crippen LogP contribution in [0.3, 0.4) is 0 Å². The molecule has 120 valence electrons. The summed E-state index contributed by atoms with van der Waals surface area (Å²) in [5, 5.41) is 2.92. The topological polar surface area (TPSA) is 48.5 Å². The van der Waals surface area contributed by atoms with Crippen LogP contribution in [0.5, 0.6) is 0 Å². The fourth-order valence-electron chi connectivity index (χ4n) is 2.69. The van der Waals surface area contributed by atoms with Gasteiger partial charge in [-0.1, -0.05) is 6.07 Å². The molecule has 1 aromatic carbocycles. The standard InChI is InChI=1S/C18H22N4O/c1-21-10-12-22(13-11-21)17-7-5-15(6-8-17)20-18(23)14-16-4-2-3-9-19-16/h2-9H,10-14H2,1H3,(H,20,23). The smallest absolute Gasteiger partial charge is 0.230 e. The van der Waals surface area contributed by atoms with Gasteiger partial charge in [-0.05, 0) is 43.4 Å². The van der Waals surface area contributed by atoms with E-state index >= 15 is 0 Å². The number of pyridine rings is 1. The predicted octanol–water partition coefficient (Wildman–Crippen LogP) is 2.01. The van der Waals surface area contributed by atoms with Gasteiger partial charge in [0.25, 0.3) is 0 Å². The van der Waals surface area contributed by atoms with Gasteiger partial charge < -0.3 is 15.1 Å². The molecular weight excluding hydrogens is 288 g/mol. The van der Waals surface area contributed by atoms with Crippen LogP contribution in [0.2, 0.25) is 0 Å². The molecule has 5 nitrogen and oxygen atoms in total. The Balaban J connectivity index is 1.56. The Kier molecular flexibility index (Phi) is 4.88. The Hall–Kier alpha value is -2.40. The highest BCUT2D eigenvalue weighted by Crippen LogP contribution is 2.19. The van der Waals surface area contributed by atoms with Gasteiger partial charge in [0.1, 0.15) is 0 Å². The Labute approximate surface area is 136 Å². The van der Waals surface area contributed by atoms with E-state index in [4.69, 9.17) is 0 Å². The van der Waals surface area contributed by atoms with Crippen molar-refractivity contribution in [2.45, 2.75) is 6.42 Å². The lowest BCUT2D eigenvalue weighted by molar-refractivity contribution is -0.115. The number of anilines is 2. The van der Waals surface area contributed by atoms with Crippen molar-refractivity contribution in [3.63, 3.8) is 0 Å². The number of piperazine rings is 1. The number of likely N-dealkylation sites (N-methyl/N-ethyl adjacent to an activating group) is 1. The first-order valence-electron chi connectivity index (χ1n) is 7.94. The van der Waals surface area contributed by atoms with E-state index in [9.17, 15) is 4.79 Å². The number of carbonyl (C=O) groups excluding carboxylic acids is 1. The van der Waals surface area contributed by atoms with Crippen LogP contribution < -0.4 is 10.2 Å². The van der Waals surface area contributed by atoms with Gasteiger partial charge in [-0.3, -0.25) is 9.78 Å². The van der Waals surface area contributed by atoms with E-state index in [0.29, 0.717) is 6.42 Å². The van der Waals surface area contributed by atoms with Gasteiger partial charge in [0.2, 0.25) is 5.91 Å². The molecule has 1 saturated heterocycles. The highest BCUT2D eigenvalue weighted by atomic mass is 16.1. The Morgan fingerprint density at radius 1 is 1.09 bits per heavy atom. The zero-order valence-corrected chi connectivity index (χ0v) is 13.4. The largest absolute Gasteiger partial charge is 0.369 e. The van der Waals surface area contributed by atoms with Crippen molar-refractivity contribution in [2.75, 3.05) is 43.4 Å². The van der Waals surface area contributed by atoms with Crippen LogP contribution in [-0.4, -0.2) is 49.0 Å². The van der Waals surface area contributed by atoms with E-state index in [2.05, 4.69) is 39.3 Å². The second-order valence-electron chi connectivity index (χ2n) is 5.88. The minimum absolute atomic E-state index is 0.0453. The molecule has 2 aromatic rings. The Morgan fingerprint density at radius 2 is 1.83 bits per heavy atom. The molecule has 2 heterocycles. The average molecular weight is 310 g/mol. The van der Waals surface area contributed by atoms with Crippen molar-refractivity contribution < 1.29 is 4.79 Å². The maximum atomic E-state index is 12.0. The maximum absolute atomic E-state index is 12.0. The summed E-state index contributed by atoms with van der Waals surface area (Å²) in [7, 11) is 2.15. The monoisotopic (exact) mass is 310 g/mol. The van der Waals surface area contributed by atoms with Crippen LogP contribution in [-0.2, 0) is 11.2 Å². The van der Waals surface area contributed by atoms with Crippen LogP contribution in [0.4, 0.5) is 11.4 Å². The lowest BCUT2D eigenvalue weighted by Gasteiger charge is -2.34. The minimum Gasteiger partial charge on any atom is -0.369 e. The first-order chi connectivity index (χ1) is 11.2. The van der Waals surface area contributed by atoms with E-state index in [1.54, 1.807) is 6.20 Å². The summed E-state index contributed by atoms with van der Waals surface area (Å²) >= 11 is 0. The Morgan fingerprint density at radius 3 is 2.48 bits per heavy atom. The van der Waals surface area contributed by atoms with Gasteiger partial charge in [0.15, 0.2) is 0 Å². The third-order valence-electron chi connectivity index (χ3n) is 4.09. The molecule has 0 spiro atoms. The van der Waals surface area contributed by atoms with Gasteiger partial charge in [-0.15, -0.1) is 0 Å². The molecule has 0 saturated carbocycles. The number of hydrogen-bond donors (Lipinski definition) is 1. The van der Waals surface area contributed by atoms with Gasteiger partial charge in [0, 0.05) is 49.4 Å². The van der Waals surface area contributed by atoms with Crippen LogP contribution in [0.1, 0.15) is 5.69 Å². The summed E-state index contributed by atoms with van der Waals surface area (Å²) in [6, 6.07) is 13.7. The molecule has 5 heteroatoms. The average Bonchev–Trinajstić information content (AvgIpc) is 2.57. The minimum atomic E-state index is -0.0453. The van der Waals surface area contributed by atoms with Gasteiger partial charge >= 0.3 is 0 Å². The molecular formula is C18H22N4O. The van der Waals surface area contributed by atoms with Gasteiger partial charge in [-0.2, -0.15) is 0 Å². The summed E-state index contributed by atoms with van der Waals surface area (Å²) in [5.41, 5.74) is 2.81. The Bertz CT molecular complexity index is 634. The van der Waals surface area contributed by atoms with Crippen molar-refractivity contribution in [3.8, 4) is 0 Å². The zero-order valence-electron chi connectivity index (χ0n) is 13.4. The molecule has 0 bridgehead atoms. The number of rotatable bonds is 4. The van der Waals surface area contributed by atoms with E-state index in [1.165, 1.54) is 5.69 Å². The summed E-state index contributed by atoms with van der Waals surface area (Å²) < 4.78 is 0. The molecule has 1 aliphatic rings. The lowest BCUT2D eigenvalue weighted by atomic mass is 10.2. The van der Waals surface area contributed by atoms with E-state index in [-0.39, 0.29) is 5.91 Å². The highest BCUT2D eigenvalue weighted by Gasteiger charge is 2.14. The maximum Gasteiger partial charge on any atom is 0.230 e. The van der Waals surface area contributed by atoms with Crippen LogP contribution in [0.25, 0.3) is 0 Å². The number of hydrogen-bond acceptors (Lipinski definition) is 4. The highest BCUT2D eigenvalue weighted by molar-refractivity contribution is 5.92. The first-order valence-corrected chi connectivity index (χ1v) is 7.94. The third kappa shape index (κ3) is 4.29. The molecule has 3 rings (SSSR count). The number of carbonyl (C=O) groups is 1. The van der Waals surface area contributed by atoms with E-state index in [0.717, 1.165) is 37.6 Å². The molecule has 23 heavy (non-hydrogen) atoms. The molecule has 0 aliphatic carbocycles. The number of nitrogens with zero attached hydrogens (tertiary/aromatic N) is 3. The predicted molar refractivity (Wildman–Crippen MR) is 92.7 cm³/mol. The second-order valence-corrected chi connectivity index (χ2v) is 5.88. The SMILES string of the molecule is CN1CCN(c2ccc(NC(=O)Cc3ccccn3)cc2)CC1. The van der Waals surface area contributed by atoms with Crippen molar-refractivity contribution in [3.05, 3.63) is 54.4 Å². The van der Waals surface area contributed by atoms with Crippen LogP contribution >= 0.6 is 0 Å². The summed E-state index contributed by atoms with van der Waals surface area (Å²) in [6.07, 6.45) is 1.99. The number of amides is 1. The number of benzene rings is 1. The van der Waals surface area contributed by atoms with E-state index in [1.807, 2.05) is 30.3 Å². The fraction of sp³-hybridized carbons (Fsp3) is 0.333. The second kappa shape index (κ2) is 7.24. The number of nitrogens with one attached hydrogen (secondary N) is 1. The summed E-state index contributed by atoms with van der Waals surface area (Å²) in [4.78, 5) is 20.9. The zero-order chi connectivity index (χ0) is 16.1. The van der Waals surface area contributed by atoms with Crippen molar-refractivity contribution in [1.29, 1.82) is 0 Å². The molecule has 0 radical (unpaired) electrons. The molecule has 0 unspecified atom stereocenters. The van der Waals surface area contributed by atoms with Gasteiger partial charge in [-0.25, -0.2) is 0 Å². The molecule has 1 fully saturated rings. The third-order valence-corrected chi connectivity index (χ3v) is 4.09. The van der Waals surface area contributed by atoms with Gasteiger partial charge in [0.05, 0.1) is 6.42 Å². The van der Waals surface area contributed by atoms with Crippen molar-refractivity contribution in [2.24, 2.45) is 0 Å². The fourth-order valence-corrected chi connectivity index (χ4v) is 2.69. The summed E-state index contributed by atoms with van der Waals surface area (Å²) in [5.74, 6) is -0.0453. The van der Waals surface area contributed by atoms with Crippen LogP contribution in [0, 0.1) is 0 Å². The molecule has 1 amide bonds. The summed E-state index contributed by atoms with van der Waals surface area (Å²) in [6.45, 7) is 4.26. The number of aromatic nitrogens is 1. The first kappa shape index (κ1) is 15.5. The van der Waals surface area contributed by atoms with Crippen molar-refractivity contribution >= 4 is 17.3 Å². The molecule has 1 aliphatic heterocycles. The normalized spacial score (nSPS) is 15.4. The van der Waals surface area contributed by atoms with E-state index < -0.39 is 0 Å². The quantitative estimate of drug-likeness (QED) is 0.938. The van der Waals surface area contributed by atoms with Crippen molar-refractivity contribution in [1.82, 2.24) is 9.88 Å². The molecule has 0 atom stereocenters. The lowest BCUT2D eigenvalue weighted by Crippen LogP contribution is -2.44.